The summed E-state index contributed by atoms with van der Waals surface area (Å²) < 4.78 is 43.9. The number of amidine groups is 1. The highest BCUT2D eigenvalue weighted by molar-refractivity contribution is 6.12. The number of carbonyl (C=O) groups excluding carboxylic acids is 1. The van der Waals surface area contributed by atoms with Crippen molar-refractivity contribution in [1.29, 1.82) is 0 Å². The molecule has 1 unspecified atom stereocenters. The van der Waals surface area contributed by atoms with Gasteiger partial charge < -0.3 is 15.2 Å². The van der Waals surface area contributed by atoms with E-state index in [0.717, 1.165) is 6.08 Å². The van der Waals surface area contributed by atoms with Crippen LogP contribution in [-0.4, -0.2) is 46.4 Å². The molecule has 2 N–H and O–H groups in total. The fourth-order valence-corrected chi connectivity index (χ4v) is 2.73. The lowest BCUT2D eigenvalue weighted by Gasteiger charge is -2.20. The van der Waals surface area contributed by atoms with Crippen LogP contribution in [-0.2, 0) is 0 Å². The topological polar surface area (TPSA) is 96.7 Å². The van der Waals surface area contributed by atoms with Gasteiger partial charge in [-0.25, -0.2) is 0 Å². The molecule has 1 atom stereocenters. The first-order chi connectivity index (χ1) is 12.7. The number of nitrogens with one attached hydrogen (secondary N) is 1. The second-order valence-electron chi connectivity index (χ2n) is 5.98. The molecule has 3 rings (SSSR count). The highest BCUT2D eigenvalue weighted by atomic mass is 19.4. The standard InChI is InChI=1S/C17H15F3N4O3/c1-8-5-10(17(18,19)20)7-13(21-8)22-14(25)9-3-4-11-12(6-9)16(27-2)24-23-15(11)26/h3-4,6-8H,5H2,1-2H3,(H,23,26)(H,21,22,25). The summed E-state index contributed by atoms with van der Waals surface area (Å²) in [7, 11) is 1.36. The molecule has 142 valence electrons. The van der Waals surface area contributed by atoms with E-state index in [1.165, 1.54) is 32.2 Å². The Kier molecular flexibility index (Phi) is 4.73. The number of aromatic nitrogens is 2. The van der Waals surface area contributed by atoms with Gasteiger partial charge in [-0.15, -0.1) is 10.2 Å². The van der Waals surface area contributed by atoms with Gasteiger partial charge in [-0.1, -0.05) is 0 Å². The molecule has 7 nitrogen and oxygen atoms in total. The van der Waals surface area contributed by atoms with Gasteiger partial charge in [0.1, 0.15) is 5.84 Å². The van der Waals surface area contributed by atoms with Gasteiger partial charge in [-0.05, 0) is 37.6 Å². The third-order valence-electron chi connectivity index (χ3n) is 3.97. The molecule has 10 heteroatoms. The van der Waals surface area contributed by atoms with Gasteiger partial charge in [0.2, 0.25) is 11.8 Å². The highest BCUT2D eigenvalue weighted by Crippen LogP contribution is 2.32. The summed E-state index contributed by atoms with van der Waals surface area (Å²) in [6.07, 6.45) is -3.89. The number of amides is 1. The van der Waals surface area contributed by atoms with E-state index in [2.05, 4.69) is 20.5 Å². The Morgan fingerprint density at radius 3 is 2.70 bits per heavy atom. The summed E-state index contributed by atoms with van der Waals surface area (Å²) >= 11 is 0. The van der Waals surface area contributed by atoms with Gasteiger partial charge in [-0.3, -0.25) is 9.79 Å². The van der Waals surface area contributed by atoms with Crippen LogP contribution in [0.2, 0.25) is 0 Å². The van der Waals surface area contributed by atoms with Crippen molar-refractivity contribution < 1.29 is 27.8 Å². The number of rotatable bonds is 2. The molecule has 0 saturated carbocycles. The summed E-state index contributed by atoms with van der Waals surface area (Å²) in [5, 5.41) is 20.0. The number of hydrogen-bond acceptors (Lipinski definition) is 6. The number of carbonyl (C=O) groups is 1. The predicted octanol–water partition coefficient (Wildman–Crippen LogP) is 2.75. The quantitative estimate of drug-likeness (QED) is 0.835. The highest BCUT2D eigenvalue weighted by Gasteiger charge is 2.36. The van der Waals surface area contributed by atoms with Crippen LogP contribution < -0.4 is 10.1 Å². The average Bonchev–Trinajstić information content (AvgIpc) is 2.60. The van der Waals surface area contributed by atoms with E-state index in [0.29, 0.717) is 10.8 Å². The minimum absolute atomic E-state index is 0.0975. The van der Waals surface area contributed by atoms with Gasteiger partial charge in [0, 0.05) is 11.1 Å². The zero-order chi connectivity index (χ0) is 19.8. The first-order valence-corrected chi connectivity index (χ1v) is 7.89. The zero-order valence-electron chi connectivity index (χ0n) is 14.3. The molecule has 1 aliphatic heterocycles. The smallest absolute Gasteiger partial charge is 0.412 e. The Labute approximate surface area is 151 Å². The molecule has 0 saturated heterocycles. The van der Waals surface area contributed by atoms with E-state index in [1.54, 1.807) is 0 Å². The Morgan fingerprint density at radius 2 is 2.04 bits per heavy atom. The first-order valence-electron chi connectivity index (χ1n) is 7.89. The molecule has 0 spiro atoms. The number of hydrogen-bond donors (Lipinski definition) is 2. The fraction of sp³-hybridized carbons (Fsp3) is 0.294. The Hall–Kier alpha value is -3.17. The second kappa shape index (κ2) is 6.86. The molecular formula is C17H15F3N4O3. The Balaban J connectivity index is 1.91. The van der Waals surface area contributed by atoms with Crippen molar-refractivity contribution in [1.82, 2.24) is 15.5 Å². The molecule has 1 amide bonds. The summed E-state index contributed by atoms with van der Waals surface area (Å²) in [5.74, 6) is -1.05. The largest absolute Gasteiger partial charge is 0.492 e. The number of nitrogens with zero attached hydrogens (tertiary/aromatic N) is 3. The van der Waals surface area contributed by atoms with Crippen LogP contribution in [0.5, 0.6) is 11.8 Å². The van der Waals surface area contributed by atoms with Crippen molar-refractivity contribution in [2.75, 3.05) is 7.11 Å². The zero-order valence-corrected chi connectivity index (χ0v) is 14.3. The number of dihydropyridines is 1. The molecule has 1 aromatic heterocycles. The average molecular weight is 380 g/mol. The third-order valence-corrected chi connectivity index (χ3v) is 3.97. The van der Waals surface area contributed by atoms with Crippen molar-refractivity contribution in [3.05, 3.63) is 35.4 Å². The molecule has 0 aliphatic carbocycles. The van der Waals surface area contributed by atoms with Crippen LogP contribution in [0.25, 0.3) is 10.8 Å². The first kappa shape index (κ1) is 18.6. The number of halogens is 3. The number of aliphatic imine (C=N–C) groups is 1. The van der Waals surface area contributed by atoms with Crippen molar-refractivity contribution in [3.8, 4) is 11.8 Å². The predicted molar refractivity (Wildman–Crippen MR) is 90.9 cm³/mol. The summed E-state index contributed by atoms with van der Waals surface area (Å²) in [6.45, 7) is 1.53. The van der Waals surface area contributed by atoms with E-state index in [9.17, 15) is 23.1 Å². The Morgan fingerprint density at radius 1 is 1.30 bits per heavy atom. The number of benzene rings is 1. The van der Waals surface area contributed by atoms with E-state index < -0.39 is 23.7 Å². The Bertz CT molecular complexity index is 970. The van der Waals surface area contributed by atoms with E-state index in [-0.39, 0.29) is 29.6 Å². The SMILES string of the molecule is COc1nnc(O)c2ccc(C(=O)NC3=NC(C)CC(C(F)(F)F)=C3)cc12. The summed E-state index contributed by atoms with van der Waals surface area (Å²) in [6, 6.07) is 3.64. The van der Waals surface area contributed by atoms with Crippen LogP contribution in [0, 0.1) is 0 Å². The van der Waals surface area contributed by atoms with Crippen molar-refractivity contribution >= 4 is 22.5 Å². The molecule has 0 radical (unpaired) electrons. The molecule has 2 aromatic rings. The van der Waals surface area contributed by atoms with Crippen LogP contribution in [0.4, 0.5) is 13.2 Å². The van der Waals surface area contributed by atoms with Gasteiger partial charge in [-0.2, -0.15) is 13.2 Å². The number of ether oxygens (including phenoxy) is 1. The molecule has 1 aliphatic rings. The van der Waals surface area contributed by atoms with Crippen molar-refractivity contribution in [2.45, 2.75) is 25.6 Å². The van der Waals surface area contributed by atoms with Gasteiger partial charge >= 0.3 is 6.18 Å². The van der Waals surface area contributed by atoms with Crippen LogP contribution >= 0.6 is 0 Å². The minimum atomic E-state index is -4.48. The van der Waals surface area contributed by atoms with Crippen molar-refractivity contribution in [3.63, 3.8) is 0 Å². The molecule has 2 heterocycles. The molecular weight excluding hydrogens is 365 g/mol. The van der Waals surface area contributed by atoms with Crippen LogP contribution in [0.3, 0.4) is 0 Å². The lowest BCUT2D eigenvalue weighted by Crippen LogP contribution is -2.34. The van der Waals surface area contributed by atoms with Crippen molar-refractivity contribution in [2.24, 2.45) is 4.99 Å². The van der Waals surface area contributed by atoms with E-state index in [4.69, 9.17) is 4.74 Å². The van der Waals surface area contributed by atoms with Crippen LogP contribution in [0.15, 0.2) is 34.8 Å². The number of methoxy groups -OCH3 is 1. The molecule has 0 fully saturated rings. The van der Waals surface area contributed by atoms with Gasteiger partial charge in [0.15, 0.2) is 0 Å². The second-order valence-corrected chi connectivity index (χ2v) is 5.98. The number of alkyl halides is 3. The van der Waals surface area contributed by atoms with E-state index >= 15 is 0 Å². The molecule has 0 bridgehead atoms. The molecule has 1 aromatic carbocycles. The molecule has 27 heavy (non-hydrogen) atoms. The van der Waals surface area contributed by atoms with E-state index in [1.807, 2.05) is 0 Å². The normalized spacial score (nSPS) is 17.3. The summed E-state index contributed by atoms with van der Waals surface area (Å²) in [4.78, 5) is 16.5. The van der Waals surface area contributed by atoms with Gasteiger partial charge in [0.05, 0.1) is 23.9 Å². The lowest BCUT2D eigenvalue weighted by atomic mass is 10.0. The summed E-state index contributed by atoms with van der Waals surface area (Å²) in [5.41, 5.74) is -0.614. The minimum Gasteiger partial charge on any atom is -0.492 e. The lowest BCUT2D eigenvalue weighted by molar-refractivity contribution is -0.0945. The maximum Gasteiger partial charge on any atom is 0.412 e. The maximum absolute atomic E-state index is 13.0. The number of aromatic hydroxyl groups is 1. The third kappa shape index (κ3) is 3.83. The fourth-order valence-electron chi connectivity index (χ4n) is 2.73. The van der Waals surface area contributed by atoms with Crippen LogP contribution in [0.1, 0.15) is 23.7 Å². The monoisotopic (exact) mass is 380 g/mol. The van der Waals surface area contributed by atoms with Gasteiger partial charge in [0.25, 0.3) is 5.91 Å². The maximum atomic E-state index is 13.0. The number of fused-ring (bicyclic) bond motifs is 1.